The second-order valence-electron chi connectivity index (χ2n) is 8.89. The number of hydrogen-bond donors (Lipinski definition) is 1. The molecule has 0 spiro atoms. The lowest BCUT2D eigenvalue weighted by Gasteiger charge is -2.38. The molecule has 1 aromatic heterocycles. The number of rotatable bonds is 4. The fourth-order valence-corrected chi connectivity index (χ4v) is 5.06. The minimum Gasteiger partial charge on any atom is -0.378 e. The van der Waals surface area contributed by atoms with Crippen LogP contribution in [0.3, 0.4) is 0 Å². The van der Waals surface area contributed by atoms with E-state index in [1.165, 1.54) is 0 Å². The van der Waals surface area contributed by atoms with Crippen molar-refractivity contribution in [2.45, 2.75) is 51.5 Å². The number of aliphatic imine (C=N–C) groups is 1. The molecular formula is C21H29N7O2. The summed E-state index contributed by atoms with van der Waals surface area (Å²) in [7, 11) is 0. The molecule has 2 fully saturated rings. The molecule has 0 bridgehead atoms. The van der Waals surface area contributed by atoms with Crippen LogP contribution in [-0.4, -0.2) is 75.8 Å². The average Bonchev–Trinajstić information content (AvgIpc) is 3.32. The molecule has 1 N–H and O–H groups in total. The predicted octanol–water partition coefficient (Wildman–Crippen LogP) is 0.884. The molecule has 5 heterocycles. The highest BCUT2D eigenvalue weighted by Gasteiger charge is 2.45. The van der Waals surface area contributed by atoms with E-state index in [0.717, 1.165) is 44.2 Å². The maximum Gasteiger partial charge on any atom is 0.238 e. The van der Waals surface area contributed by atoms with Gasteiger partial charge in [0, 0.05) is 44.2 Å². The predicted molar refractivity (Wildman–Crippen MR) is 112 cm³/mol. The maximum atomic E-state index is 12.8. The highest BCUT2D eigenvalue weighted by atomic mass is 16.5. The SMILES string of the molecule is CC1CC(N2N=CC3C(=O)NC([C@@H]4CN(Cc5ncccn5)C[C@H]4C)=NC32)CCO1. The summed E-state index contributed by atoms with van der Waals surface area (Å²) in [6.07, 6.45) is 7.12. The van der Waals surface area contributed by atoms with Crippen LogP contribution in [0.25, 0.3) is 0 Å². The van der Waals surface area contributed by atoms with Crippen LogP contribution in [-0.2, 0) is 16.1 Å². The largest absolute Gasteiger partial charge is 0.378 e. The molecule has 0 aromatic carbocycles. The Balaban J connectivity index is 1.32. The molecule has 9 nitrogen and oxygen atoms in total. The maximum absolute atomic E-state index is 12.8. The molecule has 5 rings (SSSR count). The zero-order valence-electron chi connectivity index (χ0n) is 17.5. The summed E-state index contributed by atoms with van der Waals surface area (Å²) < 4.78 is 5.69. The Morgan fingerprint density at radius 2 is 2.07 bits per heavy atom. The zero-order valence-corrected chi connectivity index (χ0v) is 17.5. The number of fused-ring (bicyclic) bond motifs is 1. The number of carbonyl (C=O) groups is 1. The molecule has 1 amide bonds. The van der Waals surface area contributed by atoms with E-state index >= 15 is 0 Å². The summed E-state index contributed by atoms with van der Waals surface area (Å²) in [5.41, 5.74) is 0. The number of nitrogens with one attached hydrogen (secondary N) is 1. The second-order valence-corrected chi connectivity index (χ2v) is 8.89. The normalized spacial score (nSPS) is 36.5. The molecule has 4 aliphatic rings. The van der Waals surface area contributed by atoms with Gasteiger partial charge in [-0.05, 0) is 31.7 Å². The fraction of sp³-hybridized carbons (Fsp3) is 0.667. The number of ether oxygens (including phenoxy) is 1. The summed E-state index contributed by atoms with van der Waals surface area (Å²) in [6, 6.07) is 2.10. The number of carbonyl (C=O) groups excluding carboxylic acids is 1. The lowest BCUT2D eigenvalue weighted by Crippen LogP contribution is -2.53. The number of amidine groups is 1. The van der Waals surface area contributed by atoms with Gasteiger partial charge >= 0.3 is 0 Å². The molecule has 4 unspecified atom stereocenters. The van der Waals surface area contributed by atoms with Crippen LogP contribution in [0.4, 0.5) is 0 Å². The van der Waals surface area contributed by atoms with Crippen molar-refractivity contribution in [3.63, 3.8) is 0 Å². The summed E-state index contributed by atoms with van der Waals surface area (Å²) in [4.78, 5) is 28.9. The second kappa shape index (κ2) is 8.03. The molecule has 4 aliphatic heterocycles. The number of hydrazone groups is 1. The van der Waals surface area contributed by atoms with Crippen LogP contribution in [0.1, 0.15) is 32.5 Å². The van der Waals surface area contributed by atoms with Crippen LogP contribution < -0.4 is 5.32 Å². The van der Waals surface area contributed by atoms with Crippen molar-refractivity contribution in [3.8, 4) is 0 Å². The summed E-state index contributed by atoms with van der Waals surface area (Å²) in [6.45, 7) is 7.53. The van der Waals surface area contributed by atoms with Gasteiger partial charge in [-0.2, -0.15) is 5.10 Å². The average molecular weight is 412 g/mol. The minimum absolute atomic E-state index is 0.00778. The van der Waals surface area contributed by atoms with Crippen molar-refractivity contribution in [2.75, 3.05) is 19.7 Å². The zero-order chi connectivity index (χ0) is 20.7. The van der Waals surface area contributed by atoms with Crippen molar-refractivity contribution < 1.29 is 9.53 Å². The van der Waals surface area contributed by atoms with Crippen LogP contribution in [0, 0.1) is 17.8 Å². The number of amides is 1. The van der Waals surface area contributed by atoms with Gasteiger partial charge in [-0.1, -0.05) is 6.92 Å². The number of aromatic nitrogens is 2. The Kier molecular flexibility index (Phi) is 5.24. The van der Waals surface area contributed by atoms with Gasteiger partial charge in [-0.3, -0.25) is 14.7 Å². The first-order valence-electron chi connectivity index (χ1n) is 10.9. The van der Waals surface area contributed by atoms with Gasteiger partial charge in [0.25, 0.3) is 0 Å². The molecule has 0 radical (unpaired) electrons. The lowest BCUT2D eigenvalue weighted by atomic mass is 9.94. The molecule has 0 aliphatic carbocycles. The topological polar surface area (TPSA) is 95.3 Å². The molecule has 30 heavy (non-hydrogen) atoms. The van der Waals surface area contributed by atoms with Crippen LogP contribution in [0.2, 0.25) is 0 Å². The van der Waals surface area contributed by atoms with Gasteiger partial charge in [-0.15, -0.1) is 0 Å². The highest BCUT2D eigenvalue weighted by Crippen LogP contribution is 2.32. The number of nitrogens with zero attached hydrogens (tertiary/aromatic N) is 6. The molecule has 160 valence electrons. The number of likely N-dealkylation sites (tertiary alicyclic amines) is 1. The molecule has 2 saturated heterocycles. The molecular weight excluding hydrogens is 382 g/mol. The first kappa shape index (κ1) is 19.6. The monoisotopic (exact) mass is 411 g/mol. The van der Waals surface area contributed by atoms with Gasteiger partial charge in [-0.25, -0.2) is 15.0 Å². The highest BCUT2D eigenvalue weighted by molar-refractivity contribution is 6.08. The van der Waals surface area contributed by atoms with E-state index in [4.69, 9.17) is 9.73 Å². The molecule has 6 atom stereocenters. The van der Waals surface area contributed by atoms with Crippen molar-refractivity contribution in [3.05, 3.63) is 24.3 Å². The van der Waals surface area contributed by atoms with Gasteiger partial charge < -0.3 is 10.1 Å². The standard InChI is InChI=1S/C21H29N7O2/c1-13-10-27(12-18-22-5-3-6-23-18)11-17(13)19-25-20-16(21(29)26-19)9-24-28(20)15-4-7-30-14(2)8-15/h3,5-6,9,13-17,20H,4,7-8,10-12H2,1-2H3,(H,25,26,29)/t13-,14?,15?,16?,17-,20?/m1/s1. The summed E-state index contributed by atoms with van der Waals surface area (Å²) in [5.74, 6) is 1.91. The van der Waals surface area contributed by atoms with E-state index in [1.54, 1.807) is 18.6 Å². The minimum atomic E-state index is -0.308. The lowest BCUT2D eigenvalue weighted by molar-refractivity contribution is -0.123. The van der Waals surface area contributed by atoms with Gasteiger partial charge in [0.2, 0.25) is 5.91 Å². The van der Waals surface area contributed by atoms with Crippen LogP contribution >= 0.6 is 0 Å². The quantitative estimate of drug-likeness (QED) is 0.791. The van der Waals surface area contributed by atoms with E-state index < -0.39 is 0 Å². The fourth-order valence-electron chi connectivity index (χ4n) is 5.06. The Morgan fingerprint density at radius 1 is 1.23 bits per heavy atom. The Labute approximate surface area is 176 Å². The van der Waals surface area contributed by atoms with Gasteiger partial charge in [0.1, 0.15) is 17.6 Å². The Morgan fingerprint density at radius 3 is 2.87 bits per heavy atom. The first-order chi connectivity index (χ1) is 14.6. The Hall–Kier alpha value is -2.39. The van der Waals surface area contributed by atoms with E-state index in [9.17, 15) is 4.79 Å². The summed E-state index contributed by atoms with van der Waals surface area (Å²) >= 11 is 0. The molecule has 1 aromatic rings. The van der Waals surface area contributed by atoms with Crippen molar-refractivity contribution >= 4 is 18.0 Å². The van der Waals surface area contributed by atoms with E-state index in [2.05, 4.69) is 44.1 Å². The van der Waals surface area contributed by atoms with Crippen molar-refractivity contribution in [1.29, 1.82) is 0 Å². The van der Waals surface area contributed by atoms with E-state index in [0.29, 0.717) is 12.5 Å². The van der Waals surface area contributed by atoms with E-state index in [-0.39, 0.29) is 36.1 Å². The Bertz CT molecular complexity index is 845. The van der Waals surface area contributed by atoms with Crippen molar-refractivity contribution in [1.82, 2.24) is 25.2 Å². The van der Waals surface area contributed by atoms with Crippen molar-refractivity contribution in [2.24, 2.45) is 27.8 Å². The molecule has 0 saturated carbocycles. The third kappa shape index (κ3) is 3.72. The third-order valence-electron chi connectivity index (χ3n) is 6.63. The first-order valence-corrected chi connectivity index (χ1v) is 10.9. The number of hydrogen-bond acceptors (Lipinski definition) is 8. The van der Waals surface area contributed by atoms with Gasteiger partial charge in [0.15, 0.2) is 6.17 Å². The van der Waals surface area contributed by atoms with Crippen LogP contribution in [0.5, 0.6) is 0 Å². The van der Waals surface area contributed by atoms with Gasteiger partial charge in [0.05, 0.1) is 18.7 Å². The van der Waals surface area contributed by atoms with Crippen LogP contribution in [0.15, 0.2) is 28.6 Å². The smallest absolute Gasteiger partial charge is 0.238 e. The van der Waals surface area contributed by atoms with E-state index in [1.807, 2.05) is 6.07 Å². The summed E-state index contributed by atoms with van der Waals surface area (Å²) in [5, 5.41) is 9.74. The molecule has 9 heteroatoms. The third-order valence-corrected chi connectivity index (χ3v) is 6.63.